The van der Waals surface area contributed by atoms with E-state index in [0.29, 0.717) is 16.4 Å². The first kappa shape index (κ1) is 16.6. The van der Waals surface area contributed by atoms with E-state index in [4.69, 9.17) is 4.52 Å². The Labute approximate surface area is 141 Å². The summed E-state index contributed by atoms with van der Waals surface area (Å²) in [6.07, 6.45) is 0. The van der Waals surface area contributed by atoms with E-state index in [1.54, 1.807) is 0 Å². The highest BCUT2D eigenvalue weighted by atomic mass is 31.2. The maximum Gasteiger partial charge on any atom is 0.306 e. The van der Waals surface area contributed by atoms with Crippen LogP contribution in [-0.4, -0.2) is 17.4 Å². The molecule has 0 radical (unpaired) electrons. The van der Waals surface area contributed by atoms with Crippen molar-refractivity contribution >= 4 is 35.3 Å². The Morgan fingerprint density at radius 1 is 0.591 bits per heavy atom. The molecule has 2 nitrogen and oxygen atoms in total. The Balaban J connectivity index is 0.00000176. The van der Waals surface area contributed by atoms with E-state index < -0.39 is 7.37 Å². The van der Waals surface area contributed by atoms with Gasteiger partial charge in [-0.2, -0.15) is 0 Å². The fraction of sp³-hybridized carbons (Fsp3) is 0. The smallest absolute Gasteiger partial charge is 0.306 e. The number of hydrogen-bond donors (Lipinski definition) is 0. The Morgan fingerprint density at radius 3 is 1.36 bits per heavy atom. The Morgan fingerprint density at radius 2 is 0.955 bits per heavy atom. The molecule has 0 fully saturated rings. The van der Waals surface area contributed by atoms with E-state index in [2.05, 4.69) is 0 Å². The molecule has 0 amide bonds. The fourth-order valence-corrected chi connectivity index (χ4v) is 4.19. The minimum absolute atomic E-state index is 0. The van der Waals surface area contributed by atoms with Gasteiger partial charge in [-0.3, -0.25) is 4.57 Å². The molecule has 110 valence electrons. The predicted octanol–water partition coefficient (Wildman–Crippen LogP) is 2.81. The molecule has 0 bridgehead atoms. The number of rotatable bonds is 4. The monoisotopic (exact) mass is 324 g/mol. The summed E-state index contributed by atoms with van der Waals surface area (Å²) in [4.78, 5) is 0. The Kier molecular flexibility index (Phi) is 5.64. The van der Waals surface area contributed by atoms with Crippen LogP contribution in [0.3, 0.4) is 0 Å². The molecule has 0 heterocycles. The van der Waals surface area contributed by atoms with Crippen molar-refractivity contribution in [1.82, 2.24) is 0 Å². The summed E-state index contributed by atoms with van der Waals surface area (Å²) >= 11 is 0. The first-order chi connectivity index (χ1) is 10.3. The number of para-hydroxylation sites is 1. The lowest BCUT2D eigenvalue weighted by Crippen LogP contribution is -2.19. The van der Waals surface area contributed by atoms with E-state index in [9.17, 15) is 4.57 Å². The van der Waals surface area contributed by atoms with Crippen LogP contribution in [0.1, 0.15) is 0 Å². The number of hydrogen-bond acceptors (Lipinski definition) is 2. The van der Waals surface area contributed by atoms with Crippen molar-refractivity contribution in [3.63, 3.8) is 0 Å². The summed E-state index contributed by atoms with van der Waals surface area (Å²) in [7, 11) is -3.15. The van der Waals surface area contributed by atoms with Crippen molar-refractivity contribution in [1.29, 1.82) is 0 Å². The molecule has 0 aliphatic carbocycles. The fourth-order valence-electron chi connectivity index (χ4n) is 2.13. The summed E-state index contributed by atoms with van der Waals surface area (Å²) in [5.74, 6) is 0.605. The molecule has 3 rings (SSSR count). The van der Waals surface area contributed by atoms with Crippen LogP contribution < -0.4 is 15.1 Å². The topological polar surface area (TPSA) is 26.3 Å². The minimum atomic E-state index is -3.15. The van der Waals surface area contributed by atoms with Gasteiger partial charge in [0.05, 0.1) is 10.6 Å². The Hall–Kier alpha value is -1.78. The van der Waals surface area contributed by atoms with E-state index in [-0.39, 0.29) is 17.4 Å². The molecule has 0 aliphatic heterocycles. The first-order valence-corrected chi connectivity index (χ1v) is 8.37. The van der Waals surface area contributed by atoms with Crippen LogP contribution in [0.2, 0.25) is 0 Å². The Bertz CT molecular complexity index is 702. The van der Waals surface area contributed by atoms with Crippen molar-refractivity contribution in [3.05, 3.63) is 91.0 Å². The van der Waals surface area contributed by atoms with Crippen molar-refractivity contribution < 1.29 is 9.09 Å². The van der Waals surface area contributed by atoms with Gasteiger partial charge >= 0.3 is 7.37 Å². The van der Waals surface area contributed by atoms with Gasteiger partial charge in [0.15, 0.2) is 17.4 Å². The van der Waals surface area contributed by atoms with Crippen LogP contribution in [0, 0.1) is 0 Å². The van der Waals surface area contributed by atoms with Gasteiger partial charge < -0.3 is 4.52 Å². The second kappa shape index (κ2) is 7.47. The predicted molar refractivity (Wildman–Crippen MR) is 96.8 cm³/mol. The molecule has 0 aromatic heterocycles. The highest BCUT2D eigenvalue weighted by Crippen LogP contribution is 2.44. The highest BCUT2D eigenvalue weighted by Gasteiger charge is 2.29. The molecule has 0 saturated carbocycles. The lowest BCUT2D eigenvalue weighted by atomic mass is 10.3. The molecule has 3 aromatic rings. The van der Waals surface area contributed by atoms with Crippen molar-refractivity contribution in [2.24, 2.45) is 0 Å². The van der Waals surface area contributed by atoms with Gasteiger partial charge in [-0.15, -0.1) is 0 Å². The van der Waals surface area contributed by atoms with Gasteiger partial charge in [0, 0.05) is 0 Å². The molecule has 3 aromatic carbocycles. The van der Waals surface area contributed by atoms with Crippen LogP contribution >= 0.6 is 7.37 Å². The molecule has 0 aliphatic rings. The average Bonchev–Trinajstić information content (AvgIpc) is 2.57. The second-order valence-corrected chi connectivity index (χ2v) is 6.95. The summed E-state index contributed by atoms with van der Waals surface area (Å²) in [6, 6.07) is 28.0. The molecule has 0 atom stereocenters. The van der Waals surface area contributed by atoms with E-state index in [0.717, 1.165) is 0 Å². The van der Waals surface area contributed by atoms with Crippen LogP contribution in [0.4, 0.5) is 0 Å². The summed E-state index contributed by atoms with van der Waals surface area (Å²) < 4.78 is 19.5. The zero-order chi connectivity index (χ0) is 14.5. The maximum absolute atomic E-state index is 13.6. The largest absolute Gasteiger partial charge is 0.437 e. The average molecular weight is 324 g/mol. The molecule has 0 unspecified atom stereocenters. The molecule has 0 spiro atoms. The number of benzene rings is 3. The summed E-state index contributed by atoms with van der Waals surface area (Å²) in [5, 5.41) is 1.39. The van der Waals surface area contributed by atoms with Crippen molar-refractivity contribution in [2.75, 3.05) is 0 Å². The molecule has 4 heteroatoms. The standard InChI is InChI=1S/C18H15O2P.Al.3H/c19-21(17-12-6-2-7-13-17,18-14-8-3-9-15-18)20-16-10-4-1-5-11-16;;;;/h1-15H;;;;. The van der Waals surface area contributed by atoms with Crippen molar-refractivity contribution in [3.8, 4) is 5.75 Å². The third-order valence-electron chi connectivity index (χ3n) is 3.17. The van der Waals surface area contributed by atoms with E-state index >= 15 is 0 Å². The summed E-state index contributed by atoms with van der Waals surface area (Å²) in [5.41, 5.74) is 0. The lowest BCUT2D eigenvalue weighted by molar-refractivity contribution is 0.503. The first-order valence-electron chi connectivity index (χ1n) is 6.75. The zero-order valence-corrected chi connectivity index (χ0v) is 12.3. The third kappa shape index (κ3) is 3.51. The maximum atomic E-state index is 13.6. The lowest BCUT2D eigenvalue weighted by Gasteiger charge is -2.20. The molecular formula is C18H18AlO2P. The summed E-state index contributed by atoms with van der Waals surface area (Å²) in [6.45, 7) is 0. The van der Waals surface area contributed by atoms with Gasteiger partial charge in [0.2, 0.25) is 0 Å². The molecule has 0 N–H and O–H groups in total. The van der Waals surface area contributed by atoms with Gasteiger partial charge in [0.25, 0.3) is 0 Å². The van der Waals surface area contributed by atoms with Crippen LogP contribution in [0.15, 0.2) is 91.0 Å². The normalized spacial score (nSPS) is 10.5. The van der Waals surface area contributed by atoms with Gasteiger partial charge in [-0.25, -0.2) is 0 Å². The quantitative estimate of drug-likeness (QED) is 0.545. The van der Waals surface area contributed by atoms with E-state index in [1.807, 2.05) is 91.0 Å². The van der Waals surface area contributed by atoms with Crippen LogP contribution in [0.25, 0.3) is 0 Å². The second-order valence-electron chi connectivity index (χ2n) is 4.63. The van der Waals surface area contributed by atoms with Gasteiger partial charge in [0.1, 0.15) is 5.75 Å². The van der Waals surface area contributed by atoms with Gasteiger partial charge in [-0.05, 0) is 36.4 Å². The zero-order valence-electron chi connectivity index (χ0n) is 11.4. The molecule has 22 heavy (non-hydrogen) atoms. The van der Waals surface area contributed by atoms with Crippen LogP contribution in [-0.2, 0) is 4.57 Å². The highest BCUT2D eigenvalue weighted by molar-refractivity contribution is 7.74. The third-order valence-corrected chi connectivity index (χ3v) is 5.59. The van der Waals surface area contributed by atoms with E-state index in [1.165, 1.54) is 0 Å². The van der Waals surface area contributed by atoms with Crippen LogP contribution in [0.5, 0.6) is 5.75 Å². The molecule has 0 saturated heterocycles. The molecular weight excluding hydrogens is 306 g/mol. The minimum Gasteiger partial charge on any atom is -0.437 e. The SMILES string of the molecule is O=P(Oc1ccccc1)(c1ccccc1)c1ccccc1.[AlH3]. The van der Waals surface area contributed by atoms with Crippen molar-refractivity contribution in [2.45, 2.75) is 0 Å². The van der Waals surface area contributed by atoms with Gasteiger partial charge in [-0.1, -0.05) is 54.6 Å².